The van der Waals surface area contributed by atoms with Gasteiger partial charge in [-0.2, -0.15) is 0 Å². The average molecular weight is 318 g/mol. The fourth-order valence-corrected chi connectivity index (χ4v) is 2.32. The number of nitrogens with zero attached hydrogens (tertiary/aromatic N) is 1. The van der Waals surface area contributed by atoms with Gasteiger partial charge in [0.1, 0.15) is 17.3 Å². The number of amides is 1. The quantitative estimate of drug-likeness (QED) is 0.922. The Bertz CT molecular complexity index is 745. The highest BCUT2D eigenvalue weighted by Gasteiger charge is 2.50. The summed E-state index contributed by atoms with van der Waals surface area (Å²) < 4.78 is 31.4. The Hall–Kier alpha value is -2.50. The van der Waals surface area contributed by atoms with Crippen molar-refractivity contribution in [2.75, 3.05) is 5.32 Å². The number of carbonyl (C=O) groups excluding carboxylic acids is 1. The molecule has 120 valence electrons. The number of pyridine rings is 1. The molecule has 1 aromatic carbocycles. The van der Waals surface area contributed by atoms with Gasteiger partial charge in [0, 0.05) is 12.0 Å². The molecule has 0 aliphatic heterocycles. The third-order valence-electron chi connectivity index (χ3n) is 3.94. The van der Waals surface area contributed by atoms with Gasteiger partial charge in [-0.25, -0.2) is 13.8 Å². The molecule has 1 unspecified atom stereocenters. The van der Waals surface area contributed by atoms with E-state index in [2.05, 4.69) is 10.3 Å². The molecule has 1 aliphatic carbocycles. The number of ether oxygens (including phenoxy) is 1. The van der Waals surface area contributed by atoms with E-state index in [0.29, 0.717) is 11.6 Å². The molecule has 0 bridgehead atoms. The van der Waals surface area contributed by atoms with E-state index in [4.69, 9.17) is 4.74 Å². The van der Waals surface area contributed by atoms with Crippen molar-refractivity contribution in [1.29, 1.82) is 0 Å². The van der Waals surface area contributed by atoms with Crippen LogP contribution in [0.15, 0.2) is 36.5 Å². The molecule has 3 rings (SSSR count). The number of benzene rings is 1. The first-order chi connectivity index (χ1) is 10.8. The maximum absolute atomic E-state index is 13.1. The summed E-state index contributed by atoms with van der Waals surface area (Å²) in [4.78, 5) is 16.1. The van der Waals surface area contributed by atoms with Crippen LogP contribution in [0.25, 0.3) is 0 Å². The number of aromatic nitrogens is 1. The SMILES string of the molecule is CC1(C)CC1C(=O)Nc1ccc(Oc2ccc(F)c(F)c2)cn1. The van der Waals surface area contributed by atoms with Crippen LogP contribution < -0.4 is 10.1 Å². The summed E-state index contributed by atoms with van der Waals surface area (Å²) in [6, 6.07) is 6.47. The second-order valence-electron chi connectivity index (χ2n) is 6.29. The standard InChI is InChI=1S/C17H16F2N2O2/c1-17(2)8-12(17)16(22)21-15-6-4-11(9-20-15)23-10-3-5-13(18)14(19)7-10/h3-7,9,12H,8H2,1-2H3,(H,20,21,22). The molecule has 4 nitrogen and oxygen atoms in total. The van der Waals surface area contributed by atoms with Crippen LogP contribution in [0.5, 0.6) is 11.5 Å². The Morgan fingerprint density at radius 1 is 1.22 bits per heavy atom. The molecule has 23 heavy (non-hydrogen) atoms. The lowest BCUT2D eigenvalue weighted by Crippen LogP contribution is -2.17. The fraction of sp³-hybridized carbons (Fsp3) is 0.294. The maximum Gasteiger partial charge on any atom is 0.229 e. The van der Waals surface area contributed by atoms with Gasteiger partial charge in [0.25, 0.3) is 0 Å². The third-order valence-corrected chi connectivity index (χ3v) is 3.94. The van der Waals surface area contributed by atoms with Gasteiger partial charge in [0.2, 0.25) is 5.91 Å². The van der Waals surface area contributed by atoms with Crippen molar-refractivity contribution in [3.05, 3.63) is 48.2 Å². The molecule has 0 saturated heterocycles. The first-order valence-electron chi connectivity index (χ1n) is 7.25. The van der Waals surface area contributed by atoms with Crippen molar-refractivity contribution in [1.82, 2.24) is 4.98 Å². The van der Waals surface area contributed by atoms with E-state index in [9.17, 15) is 13.6 Å². The van der Waals surface area contributed by atoms with E-state index in [-0.39, 0.29) is 23.0 Å². The van der Waals surface area contributed by atoms with Gasteiger partial charge in [-0.15, -0.1) is 0 Å². The molecule has 1 amide bonds. The smallest absolute Gasteiger partial charge is 0.229 e. The van der Waals surface area contributed by atoms with E-state index in [0.717, 1.165) is 18.6 Å². The zero-order valence-electron chi connectivity index (χ0n) is 12.8. The Morgan fingerprint density at radius 3 is 2.48 bits per heavy atom. The normalized spacial score (nSPS) is 18.3. The van der Waals surface area contributed by atoms with E-state index in [1.54, 1.807) is 12.1 Å². The molecule has 1 atom stereocenters. The minimum Gasteiger partial charge on any atom is -0.456 e. The van der Waals surface area contributed by atoms with Crippen LogP contribution in [-0.2, 0) is 4.79 Å². The molecule has 1 aliphatic rings. The molecule has 1 heterocycles. The predicted octanol–water partition coefficient (Wildman–Crippen LogP) is 4.14. The largest absolute Gasteiger partial charge is 0.456 e. The monoisotopic (exact) mass is 318 g/mol. The first-order valence-corrected chi connectivity index (χ1v) is 7.25. The summed E-state index contributed by atoms with van der Waals surface area (Å²) in [5.74, 6) is -0.986. The molecule has 2 aromatic rings. The van der Waals surface area contributed by atoms with Gasteiger partial charge in [-0.1, -0.05) is 13.8 Å². The van der Waals surface area contributed by atoms with Crippen molar-refractivity contribution in [2.24, 2.45) is 11.3 Å². The Labute approximate surface area is 132 Å². The van der Waals surface area contributed by atoms with Gasteiger partial charge in [0.15, 0.2) is 11.6 Å². The topological polar surface area (TPSA) is 51.2 Å². The summed E-state index contributed by atoms with van der Waals surface area (Å²) >= 11 is 0. The van der Waals surface area contributed by atoms with Crippen LogP contribution in [0.4, 0.5) is 14.6 Å². The highest BCUT2D eigenvalue weighted by molar-refractivity contribution is 5.94. The number of nitrogens with one attached hydrogen (secondary N) is 1. The molecular weight excluding hydrogens is 302 g/mol. The lowest BCUT2D eigenvalue weighted by Gasteiger charge is -2.08. The molecule has 0 radical (unpaired) electrons. The Morgan fingerprint density at radius 2 is 1.91 bits per heavy atom. The lowest BCUT2D eigenvalue weighted by molar-refractivity contribution is -0.118. The zero-order chi connectivity index (χ0) is 16.6. The van der Waals surface area contributed by atoms with Crippen LogP contribution in [0.3, 0.4) is 0 Å². The van der Waals surface area contributed by atoms with Gasteiger partial charge < -0.3 is 10.1 Å². The second-order valence-corrected chi connectivity index (χ2v) is 6.29. The summed E-state index contributed by atoms with van der Waals surface area (Å²) in [6.45, 7) is 4.09. The van der Waals surface area contributed by atoms with Gasteiger partial charge in [-0.05, 0) is 36.1 Å². The number of carbonyl (C=O) groups is 1. The number of halogens is 2. The van der Waals surface area contributed by atoms with E-state index < -0.39 is 11.6 Å². The molecular formula is C17H16F2N2O2. The second kappa shape index (κ2) is 5.61. The van der Waals surface area contributed by atoms with Crippen LogP contribution >= 0.6 is 0 Å². The lowest BCUT2D eigenvalue weighted by atomic mass is 10.1. The Balaban J connectivity index is 1.63. The van der Waals surface area contributed by atoms with Gasteiger partial charge >= 0.3 is 0 Å². The van der Waals surface area contributed by atoms with Crippen molar-refractivity contribution >= 4 is 11.7 Å². The Kier molecular flexibility index (Phi) is 3.75. The van der Waals surface area contributed by atoms with E-state index in [1.807, 2.05) is 13.8 Å². The molecule has 1 fully saturated rings. The van der Waals surface area contributed by atoms with Gasteiger partial charge in [-0.3, -0.25) is 4.79 Å². The predicted molar refractivity (Wildman–Crippen MR) is 81.2 cm³/mol. The maximum atomic E-state index is 13.1. The molecule has 1 saturated carbocycles. The number of hydrogen-bond donors (Lipinski definition) is 1. The summed E-state index contributed by atoms with van der Waals surface area (Å²) in [6.07, 6.45) is 2.28. The van der Waals surface area contributed by atoms with Crippen molar-refractivity contribution in [2.45, 2.75) is 20.3 Å². The van der Waals surface area contributed by atoms with E-state index >= 15 is 0 Å². The number of rotatable bonds is 4. The van der Waals surface area contributed by atoms with Crippen LogP contribution in [0.1, 0.15) is 20.3 Å². The highest BCUT2D eigenvalue weighted by atomic mass is 19.2. The number of hydrogen-bond acceptors (Lipinski definition) is 3. The summed E-state index contributed by atoms with van der Waals surface area (Å²) in [7, 11) is 0. The number of anilines is 1. The average Bonchev–Trinajstić information content (AvgIpc) is 3.14. The van der Waals surface area contributed by atoms with Crippen LogP contribution in [0.2, 0.25) is 0 Å². The van der Waals surface area contributed by atoms with Crippen LogP contribution in [-0.4, -0.2) is 10.9 Å². The van der Waals surface area contributed by atoms with Crippen molar-refractivity contribution < 1.29 is 18.3 Å². The first kappa shape index (κ1) is 15.4. The molecule has 1 aromatic heterocycles. The minimum absolute atomic E-state index is 0.0161. The third kappa shape index (κ3) is 3.47. The summed E-state index contributed by atoms with van der Waals surface area (Å²) in [5, 5.41) is 2.75. The molecule has 0 spiro atoms. The van der Waals surface area contributed by atoms with Crippen LogP contribution in [0, 0.1) is 23.0 Å². The molecule has 1 N–H and O–H groups in total. The van der Waals surface area contributed by atoms with Crippen molar-refractivity contribution in [3.8, 4) is 11.5 Å². The zero-order valence-corrected chi connectivity index (χ0v) is 12.8. The highest BCUT2D eigenvalue weighted by Crippen LogP contribution is 2.51. The molecule has 6 heteroatoms. The summed E-state index contributed by atoms with van der Waals surface area (Å²) in [5.41, 5.74) is 0.0553. The van der Waals surface area contributed by atoms with Crippen molar-refractivity contribution in [3.63, 3.8) is 0 Å². The van der Waals surface area contributed by atoms with E-state index in [1.165, 1.54) is 12.3 Å². The van der Waals surface area contributed by atoms with Gasteiger partial charge in [0.05, 0.1) is 6.20 Å². The minimum atomic E-state index is -0.980. The fourth-order valence-electron chi connectivity index (χ4n) is 2.32.